The molecule has 1 aromatic heterocycles. The fourth-order valence-electron chi connectivity index (χ4n) is 5.49. The molecule has 3 aromatic carbocycles. The number of likely N-dealkylation sites (tertiary alicyclic amines) is 1. The smallest absolute Gasteiger partial charge is 0.319 e. The van der Waals surface area contributed by atoms with Crippen LogP contribution in [0, 0.1) is 0 Å². The number of rotatable bonds is 6. The van der Waals surface area contributed by atoms with Crippen molar-refractivity contribution in [1.82, 2.24) is 10.2 Å². The number of benzene rings is 3. The summed E-state index contributed by atoms with van der Waals surface area (Å²) < 4.78 is 12.3. The first-order valence-corrected chi connectivity index (χ1v) is 14.9. The zero-order chi connectivity index (χ0) is 30.0. The number of hydrogen-bond acceptors (Lipinski definition) is 7. The molecule has 1 fully saturated rings. The molecule has 0 unspecified atom stereocenters. The maximum atomic E-state index is 13.8. The number of anilines is 2. The summed E-state index contributed by atoms with van der Waals surface area (Å²) in [6, 6.07) is 24.2. The van der Waals surface area contributed by atoms with Gasteiger partial charge in [0, 0.05) is 43.5 Å². The zero-order valence-electron chi connectivity index (χ0n) is 23.7. The predicted molar refractivity (Wildman–Crippen MR) is 167 cm³/mol. The molecule has 0 aliphatic carbocycles. The quantitative estimate of drug-likeness (QED) is 0.236. The van der Waals surface area contributed by atoms with Gasteiger partial charge in [-0.1, -0.05) is 30.3 Å². The number of hydrogen-bond donors (Lipinski definition) is 3. The summed E-state index contributed by atoms with van der Waals surface area (Å²) in [6.07, 6.45) is 1.30. The lowest BCUT2D eigenvalue weighted by Gasteiger charge is -2.44. The molecule has 0 saturated carbocycles. The lowest BCUT2D eigenvalue weighted by atomic mass is 9.82. The summed E-state index contributed by atoms with van der Waals surface area (Å²) in [4.78, 5) is 41.6. The van der Waals surface area contributed by atoms with Crippen molar-refractivity contribution in [2.24, 2.45) is 0 Å². The summed E-state index contributed by atoms with van der Waals surface area (Å²) in [5.74, 6) is 1.10. The van der Waals surface area contributed by atoms with Gasteiger partial charge in [0.15, 0.2) is 5.78 Å². The first-order valence-electron chi connectivity index (χ1n) is 14.1. The molecule has 43 heavy (non-hydrogen) atoms. The lowest BCUT2D eigenvalue weighted by Crippen LogP contribution is -2.52. The Morgan fingerprint density at radius 3 is 2.49 bits per heavy atom. The minimum absolute atomic E-state index is 0.00403. The number of fused-ring (bicyclic) bond motifs is 1. The third kappa shape index (κ3) is 6.05. The summed E-state index contributed by atoms with van der Waals surface area (Å²) in [5.41, 5.74) is 8.66. The van der Waals surface area contributed by atoms with Gasteiger partial charge in [0.25, 0.3) is 5.91 Å². The van der Waals surface area contributed by atoms with Gasteiger partial charge >= 0.3 is 6.03 Å². The number of nitrogen functional groups attached to an aromatic ring is 1. The zero-order valence-corrected chi connectivity index (χ0v) is 24.5. The largest absolute Gasteiger partial charge is 0.489 e. The molecule has 3 amide bonds. The Labute approximate surface area is 253 Å². The number of nitrogens with one attached hydrogen (secondary N) is 2. The Kier molecular flexibility index (Phi) is 7.77. The van der Waals surface area contributed by atoms with Gasteiger partial charge in [0.05, 0.1) is 17.5 Å². The minimum Gasteiger partial charge on any atom is -0.489 e. The number of ether oxygens (including phenoxy) is 2. The maximum absolute atomic E-state index is 13.8. The van der Waals surface area contributed by atoms with E-state index < -0.39 is 11.6 Å². The van der Waals surface area contributed by atoms with Crippen molar-refractivity contribution in [1.29, 1.82) is 0 Å². The van der Waals surface area contributed by atoms with Crippen molar-refractivity contribution in [2.45, 2.75) is 31.5 Å². The van der Waals surface area contributed by atoms with E-state index in [2.05, 4.69) is 10.6 Å². The van der Waals surface area contributed by atoms with E-state index in [4.69, 9.17) is 15.2 Å². The van der Waals surface area contributed by atoms with Gasteiger partial charge in [0.2, 0.25) is 0 Å². The highest BCUT2D eigenvalue weighted by molar-refractivity contribution is 7.20. The molecule has 3 heterocycles. The highest BCUT2D eigenvalue weighted by Gasteiger charge is 2.44. The number of nitrogens with zero attached hydrogens (tertiary/aromatic N) is 1. The minimum atomic E-state index is -0.649. The monoisotopic (exact) mass is 596 g/mol. The standard InChI is InChI=1S/C33H32N4O5S/c1-35-32(40)36-30-26(18-29(43-30)22-7-10-24(11-8-22)41-20-21-5-3-2-4-6-21)31(39)37-15-13-33(14-16-37)19-27(38)25-17-23(34)9-12-28(25)42-33/h2-12,17-18H,13-16,19-20,34H2,1H3,(H2,35,36,40). The molecular weight excluding hydrogens is 564 g/mol. The summed E-state index contributed by atoms with van der Waals surface area (Å²) in [6.45, 7) is 1.32. The van der Waals surface area contributed by atoms with Crippen LogP contribution in [0.3, 0.4) is 0 Å². The molecule has 2 aliphatic rings. The number of Topliss-reactive ketones (excluding diaryl/α,β-unsaturated/α-hetero) is 1. The maximum Gasteiger partial charge on any atom is 0.319 e. The van der Waals surface area contributed by atoms with Crippen LogP contribution in [0.25, 0.3) is 10.4 Å². The van der Waals surface area contributed by atoms with E-state index in [-0.39, 0.29) is 18.1 Å². The molecule has 220 valence electrons. The SMILES string of the molecule is CNC(=O)Nc1sc(-c2ccc(OCc3ccccc3)cc2)cc1C(=O)N1CCC2(CC1)CC(=O)c1cc(N)ccc1O2. The van der Waals surface area contributed by atoms with E-state index in [1.54, 1.807) is 23.1 Å². The van der Waals surface area contributed by atoms with Gasteiger partial charge < -0.3 is 25.4 Å². The summed E-state index contributed by atoms with van der Waals surface area (Å²) in [7, 11) is 1.53. The van der Waals surface area contributed by atoms with Crippen LogP contribution in [-0.2, 0) is 6.61 Å². The summed E-state index contributed by atoms with van der Waals surface area (Å²) >= 11 is 1.34. The average molecular weight is 597 g/mol. The van der Waals surface area contributed by atoms with Crippen LogP contribution in [0.5, 0.6) is 11.5 Å². The third-order valence-corrected chi connectivity index (χ3v) is 8.98. The molecular formula is C33H32N4O5S. The fourth-order valence-corrected chi connectivity index (χ4v) is 6.54. The van der Waals surface area contributed by atoms with Crippen molar-refractivity contribution in [3.8, 4) is 21.9 Å². The molecule has 1 spiro atoms. The van der Waals surface area contributed by atoms with Crippen LogP contribution in [0.4, 0.5) is 15.5 Å². The van der Waals surface area contributed by atoms with Crippen LogP contribution < -0.4 is 25.8 Å². The van der Waals surface area contributed by atoms with Crippen LogP contribution in [-0.4, -0.2) is 48.4 Å². The highest BCUT2D eigenvalue weighted by Crippen LogP contribution is 2.41. The van der Waals surface area contributed by atoms with Gasteiger partial charge in [-0.2, -0.15) is 0 Å². The molecule has 6 rings (SSSR count). The van der Waals surface area contributed by atoms with Crippen molar-refractivity contribution in [3.63, 3.8) is 0 Å². The molecule has 0 radical (unpaired) electrons. The molecule has 1 saturated heterocycles. The number of thiophene rings is 1. The summed E-state index contributed by atoms with van der Waals surface area (Å²) in [5, 5.41) is 5.84. The Hall–Kier alpha value is -4.83. The topological polar surface area (TPSA) is 123 Å². The Bertz CT molecular complexity index is 1660. The first kappa shape index (κ1) is 28.3. The number of carbonyl (C=O) groups excluding carboxylic acids is 3. The number of ketones is 1. The van der Waals surface area contributed by atoms with Crippen molar-refractivity contribution >= 4 is 39.7 Å². The number of piperidine rings is 1. The van der Waals surface area contributed by atoms with E-state index in [0.717, 1.165) is 21.8 Å². The average Bonchev–Trinajstić information content (AvgIpc) is 3.44. The molecule has 4 aromatic rings. The Morgan fingerprint density at radius 2 is 1.77 bits per heavy atom. The molecule has 9 nitrogen and oxygen atoms in total. The van der Waals surface area contributed by atoms with E-state index >= 15 is 0 Å². The van der Waals surface area contributed by atoms with E-state index in [0.29, 0.717) is 60.1 Å². The second-order valence-corrected chi connectivity index (χ2v) is 11.8. The van der Waals surface area contributed by atoms with E-state index in [1.165, 1.54) is 18.4 Å². The van der Waals surface area contributed by atoms with Crippen molar-refractivity contribution in [2.75, 3.05) is 31.2 Å². The van der Waals surface area contributed by atoms with Crippen LogP contribution in [0.15, 0.2) is 78.9 Å². The lowest BCUT2D eigenvalue weighted by molar-refractivity contribution is -0.00565. The molecule has 10 heteroatoms. The first-order chi connectivity index (χ1) is 20.8. The second-order valence-electron chi connectivity index (χ2n) is 10.8. The highest BCUT2D eigenvalue weighted by atomic mass is 32.1. The van der Waals surface area contributed by atoms with Crippen LogP contribution in [0.2, 0.25) is 0 Å². The van der Waals surface area contributed by atoms with Gasteiger partial charge in [-0.05, 0) is 59.7 Å². The Balaban J connectivity index is 1.17. The Morgan fingerprint density at radius 1 is 1.02 bits per heavy atom. The number of carbonyl (C=O) groups is 3. The number of urea groups is 1. The van der Waals surface area contributed by atoms with E-state index in [1.807, 2.05) is 60.7 Å². The van der Waals surface area contributed by atoms with Gasteiger partial charge in [-0.3, -0.25) is 14.9 Å². The van der Waals surface area contributed by atoms with Crippen molar-refractivity contribution < 1.29 is 23.9 Å². The molecule has 2 aliphatic heterocycles. The number of amides is 3. The molecule has 4 N–H and O–H groups in total. The van der Waals surface area contributed by atoms with E-state index in [9.17, 15) is 14.4 Å². The molecule has 0 atom stereocenters. The predicted octanol–water partition coefficient (Wildman–Crippen LogP) is 5.97. The van der Waals surface area contributed by atoms with Gasteiger partial charge in [-0.15, -0.1) is 11.3 Å². The van der Waals surface area contributed by atoms with Gasteiger partial charge in [0.1, 0.15) is 28.7 Å². The molecule has 0 bridgehead atoms. The fraction of sp³-hybridized carbons (Fsp3) is 0.242. The van der Waals surface area contributed by atoms with Crippen molar-refractivity contribution in [3.05, 3.63) is 95.6 Å². The normalized spacial score (nSPS) is 15.4. The van der Waals surface area contributed by atoms with Crippen LogP contribution >= 0.6 is 11.3 Å². The second kappa shape index (κ2) is 11.8. The van der Waals surface area contributed by atoms with Gasteiger partial charge in [-0.25, -0.2) is 4.79 Å². The number of nitrogens with two attached hydrogens (primary N) is 1. The third-order valence-electron chi connectivity index (χ3n) is 7.88. The van der Waals surface area contributed by atoms with Crippen LogP contribution in [0.1, 0.15) is 45.5 Å².